The van der Waals surface area contributed by atoms with E-state index in [2.05, 4.69) is 0 Å². The SMILES string of the molecule is CC(C)(C)N(CC(=O)c1ccccc1)C(=O)c1cccc(Cl)c1. The number of carbonyl (C=O) groups excluding carboxylic acids is 2. The van der Waals surface area contributed by atoms with Crippen LogP contribution in [0.2, 0.25) is 5.02 Å². The maximum Gasteiger partial charge on any atom is 0.254 e. The molecule has 0 aliphatic rings. The number of amides is 1. The number of Topliss-reactive ketones (excluding diaryl/α,β-unsaturated/α-hetero) is 1. The summed E-state index contributed by atoms with van der Waals surface area (Å²) in [6.07, 6.45) is 0. The van der Waals surface area contributed by atoms with E-state index in [1.54, 1.807) is 41.3 Å². The molecule has 3 nitrogen and oxygen atoms in total. The summed E-state index contributed by atoms with van der Waals surface area (Å²) < 4.78 is 0. The van der Waals surface area contributed by atoms with Gasteiger partial charge in [0.25, 0.3) is 5.91 Å². The van der Waals surface area contributed by atoms with E-state index in [0.717, 1.165) is 0 Å². The molecule has 0 fully saturated rings. The number of hydrogen-bond donors (Lipinski definition) is 0. The van der Waals surface area contributed by atoms with Crippen molar-refractivity contribution in [3.63, 3.8) is 0 Å². The molecule has 0 unspecified atom stereocenters. The monoisotopic (exact) mass is 329 g/mol. The summed E-state index contributed by atoms with van der Waals surface area (Å²) in [4.78, 5) is 26.9. The Kier molecular flexibility index (Phi) is 5.22. The van der Waals surface area contributed by atoms with Crippen LogP contribution in [0.3, 0.4) is 0 Å². The third kappa shape index (κ3) is 4.42. The van der Waals surface area contributed by atoms with Gasteiger partial charge in [0, 0.05) is 21.7 Å². The number of nitrogens with zero attached hydrogens (tertiary/aromatic N) is 1. The molecule has 0 bridgehead atoms. The van der Waals surface area contributed by atoms with Crippen molar-refractivity contribution in [2.45, 2.75) is 26.3 Å². The molecule has 2 aromatic carbocycles. The van der Waals surface area contributed by atoms with E-state index in [9.17, 15) is 9.59 Å². The average Bonchev–Trinajstić information content (AvgIpc) is 2.51. The van der Waals surface area contributed by atoms with Crippen molar-refractivity contribution in [3.8, 4) is 0 Å². The van der Waals surface area contributed by atoms with Gasteiger partial charge in [-0.05, 0) is 39.0 Å². The van der Waals surface area contributed by atoms with Crippen LogP contribution in [0.5, 0.6) is 0 Å². The van der Waals surface area contributed by atoms with Crippen molar-refractivity contribution in [3.05, 3.63) is 70.7 Å². The van der Waals surface area contributed by atoms with Crippen LogP contribution in [-0.2, 0) is 0 Å². The first-order chi connectivity index (χ1) is 10.8. The van der Waals surface area contributed by atoms with E-state index in [1.165, 1.54) is 0 Å². The van der Waals surface area contributed by atoms with Gasteiger partial charge >= 0.3 is 0 Å². The predicted octanol–water partition coefficient (Wildman–Crippen LogP) is 4.46. The lowest BCUT2D eigenvalue weighted by molar-refractivity contribution is 0.0547. The normalized spacial score (nSPS) is 11.1. The molecule has 0 aromatic heterocycles. The van der Waals surface area contributed by atoms with E-state index in [0.29, 0.717) is 16.1 Å². The van der Waals surface area contributed by atoms with Crippen molar-refractivity contribution in [2.75, 3.05) is 6.54 Å². The van der Waals surface area contributed by atoms with Crippen LogP contribution in [0.15, 0.2) is 54.6 Å². The fraction of sp³-hybridized carbons (Fsp3) is 0.263. The highest BCUT2D eigenvalue weighted by Crippen LogP contribution is 2.20. The van der Waals surface area contributed by atoms with Gasteiger partial charge in [-0.1, -0.05) is 48.0 Å². The van der Waals surface area contributed by atoms with Crippen LogP contribution in [0.1, 0.15) is 41.5 Å². The predicted molar refractivity (Wildman–Crippen MR) is 93.0 cm³/mol. The molecule has 0 aliphatic carbocycles. The second kappa shape index (κ2) is 6.97. The van der Waals surface area contributed by atoms with Gasteiger partial charge in [-0.2, -0.15) is 0 Å². The van der Waals surface area contributed by atoms with E-state index >= 15 is 0 Å². The molecule has 2 aromatic rings. The number of hydrogen-bond acceptors (Lipinski definition) is 2. The van der Waals surface area contributed by atoms with E-state index in [1.807, 2.05) is 39.0 Å². The molecule has 120 valence electrons. The minimum absolute atomic E-state index is 0.0266. The fourth-order valence-corrected chi connectivity index (χ4v) is 2.44. The summed E-state index contributed by atoms with van der Waals surface area (Å²) in [5.74, 6) is -0.291. The van der Waals surface area contributed by atoms with Crippen LogP contribution < -0.4 is 0 Å². The first-order valence-electron chi connectivity index (χ1n) is 7.45. The molecule has 0 saturated carbocycles. The van der Waals surface area contributed by atoms with Gasteiger partial charge in [0.15, 0.2) is 5.78 Å². The second-order valence-corrected chi connectivity index (χ2v) is 6.80. The van der Waals surface area contributed by atoms with Gasteiger partial charge in [0.2, 0.25) is 0 Å². The zero-order valence-corrected chi connectivity index (χ0v) is 14.3. The summed E-state index contributed by atoms with van der Waals surface area (Å²) in [5, 5.41) is 0.499. The highest BCUT2D eigenvalue weighted by atomic mass is 35.5. The van der Waals surface area contributed by atoms with Crippen molar-refractivity contribution >= 4 is 23.3 Å². The van der Waals surface area contributed by atoms with Gasteiger partial charge in [0.1, 0.15) is 0 Å². The fourth-order valence-electron chi connectivity index (χ4n) is 2.25. The van der Waals surface area contributed by atoms with Gasteiger partial charge in [-0.25, -0.2) is 0 Å². The Hall–Kier alpha value is -2.13. The Morgan fingerprint density at radius 3 is 2.13 bits per heavy atom. The Balaban J connectivity index is 2.28. The zero-order valence-electron chi connectivity index (χ0n) is 13.5. The first-order valence-corrected chi connectivity index (χ1v) is 7.82. The van der Waals surface area contributed by atoms with Gasteiger partial charge in [-0.3, -0.25) is 9.59 Å². The van der Waals surface area contributed by atoms with E-state index in [-0.39, 0.29) is 18.2 Å². The molecule has 0 heterocycles. The zero-order chi connectivity index (χ0) is 17.0. The summed E-state index contributed by atoms with van der Waals surface area (Å²) >= 11 is 5.97. The topological polar surface area (TPSA) is 37.4 Å². The second-order valence-electron chi connectivity index (χ2n) is 6.36. The van der Waals surface area contributed by atoms with Crippen molar-refractivity contribution < 1.29 is 9.59 Å². The average molecular weight is 330 g/mol. The molecule has 23 heavy (non-hydrogen) atoms. The van der Waals surface area contributed by atoms with Crippen LogP contribution in [0.25, 0.3) is 0 Å². The lowest BCUT2D eigenvalue weighted by Gasteiger charge is -2.35. The number of ketones is 1. The van der Waals surface area contributed by atoms with Crippen molar-refractivity contribution in [2.24, 2.45) is 0 Å². The lowest BCUT2D eigenvalue weighted by atomic mass is 10.0. The van der Waals surface area contributed by atoms with Gasteiger partial charge in [-0.15, -0.1) is 0 Å². The number of rotatable bonds is 4. The smallest absolute Gasteiger partial charge is 0.254 e. The largest absolute Gasteiger partial charge is 0.326 e. The molecular weight excluding hydrogens is 310 g/mol. The lowest BCUT2D eigenvalue weighted by Crippen LogP contribution is -2.48. The molecule has 0 saturated heterocycles. The maximum absolute atomic E-state index is 12.8. The summed E-state index contributed by atoms with van der Waals surface area (Å²) in [6, 6.07) is 15.8. The molecule has 0 spiro atoms. The molecule has 0 radical (unpaired) electrons. The van der Waals surface area contributed by atoms with E-state index in [4.69, 9.17) is 11.6 Å². The minimum atomic E-state index is -0.482. The summed E-state index contributed by atoms with van der Waals surface area (Å²) in [5.41, 5.74) is 0.595. The maximum atomic E-state index is 12.8. The molecule has 0 atom stereocenters. The Morgan fingerprint density at radius 2 is 1.57 bits per heavy atom. The Bertz CT molecular complexity index is 705. The van der Waals surface area contributed by atoms with Crippen molar-refractivity contribution in [1.82, 2.24) is 4.90 Å². The Labute approximate surface area is 141 Å². The highest BCUT2D eigenvalue weighted by Gasteiger charge is 2.29. The highest BCUT2D eigenvalue weighted by molar-refractivity contribution is 6.31. The number of halogens is 1. The summed E-state index contributed by atoms with van der Waals surface area (Å²) in [7, 11) is 0. The number of benzene rings is 2. The van der Waals surface area contributed by atoms with Crippen LogP contribution in [0.4, 0.5) is 0 Å². The van der Waals surface area contributed by atoms with Crippen LogP contribution in [-0.4, -0.2) is 28.7 Å². The van der Waals surface area contributed by atoms with Gasteiger partial charge < -0.3 is 4.90 Å². The molecule has 4 heteroatoms. The van der Waals surface area contributed by atoms with Gasteiger partial charge in [0.05, 0.1) is 6.54 Å². The molecule has 2 rings (SSSR count). The standard InChI is InChI=1S/C19H20ClNO2/c1-19(2,3)21(13-17(22)14-8-5-4-6-9-14)18(23)15-10-7-11-16(20)12-15/h4-12H,13H2,1-3H3. The third-order valence-electron chi connectivity index (χ3n) is 3.52. The van der Waals surface area contributed by atoms with E-state index < -0.39 is 5.54 Å². The number of carbonyl (C=O) groups is 2. The first kappa shape index (κ1) is 17.2. The molecule has 1 amide bonds. The Morgan fingerprint density at radius 1 is 0.957 bits per heavy atom. The summed E-state index contributed by atoms with van der Waals surface area (Å²) in [6.45, 7) is 5.76. The molecule has 0 aliphatic heterocycles. The molecular formula is C19H20ClNO2. The minimum Gasteiger partial charge on any atom is -0.326 e. The quantitative estimate of drug-likeness (QED) is 0.776. The van der Waals surface area contributed by atoms with Crippen LogP contribution >= 0.6 is 11.6 Å². The third-order valence-corrected chi connectivity index (χ3v) is 3.76. The molecule has 0 N–H and O–H groups in total. The van der Waals surface area contributed by atoms with Crippen molar-refractivity contribution in [1.29, 1.82) is 0 Å². The van der Waals surface area contributed by atoms with Crippen LogP contribution in [0, 0.1) is 0 Å².